The predicted octanol–water partition coefficient (Wildman–Crippen LogP) is 1.23. The summed E-state index contributed by atoms with van der Waals surface area (Å²) in [5, 5.41) is 5.37. The van der Waals surface area contributed by atoms with Crippen molar-refractivity contribution in [2.75, 3.05) is 13.7 Å². The molecule has 162 valence electrons. The number of rotatable bonds is 11. The van der Waals surface area contributed by atoms with Crippen LogP contribution < -0.4 is 22.3 Å². The smallest absolute Gasteiger partial charge is 0.467 e. The molecule has 2 heterocycles. The van der Waals surface area contributed by atoms with E-state index in [0.29, 0.717) is 11.5 Å². The monoisotopic (exact) mass is 420 g/mol. The molecule has 0 bridgehead atoms. The van der Waals surface area contributed by atoms with E-state index in [2.05, 4.69) is 19.8 Å². The zero-order valence-electron chi connectivity index (χ0n) is 16.1. The third kappa shape index (κ3) is 5.41. The summed E-state index contributed by atoms with van der Waals surface area (Å²) in [5.41, 5.74) is -2.31. The molecule has 0 radical (unpaired) electrons. The number of methoxy groups -OCH3 is 1. The normalized spacial score (nSPS) is 13.6. The Hall–Kier alpha value is -2.73. The van der Waals surface area contributed by atoms with E-state index < -0.39 is 29.6 Å². The van der Waals surface area contributed by atoms with E-state index in [9.17, 15) is 23.2 Å². The number of ether oxygens (including phenoxy) is 1. The van der Waals surface area contributed by atoms with Gasteiger partial charge in [-0.05, 0) is 33.2 Å². The molecule has 0 aliphatic heterocycles. The van der Waals surface area contributed by atoms with Crippen molar-refractivity contribution < 1.29 is 36.0 Å². The van der Waals surface area contributed by atoms with Crippen LogP contribution in [0.1, 0.15) is 35.9 Å². The number of esters is 1. The molecule has 0 amide bonds. The third-order valence-corrected chi connectivity index (χ3v) is 4.37. The molecule has 0 aromatic carbocycles. The molecule has 12 heteroatoms. The highest BCUT2D eigenvalue weighted by Crippen LogP contribution is 2.25. The van der Waals surface area contributed by atoms with Crippen LogP contribution >= 0.6 is 0 Å². The number of carbonyl (C=O) groups excluding carboxylic acids is 1. The molecule has 2 aromatic rings. The first-order valence-corrected chi connectivity index (χ1v) is 8.70. The molecular formula is C17H22F2N2O8. The van der Waals surface area contributed by atoms with Gasteiger partial charge in [0, 0.05) is 0 Å². The summed E-state index contributed by atoms with van der Waals surface area (Å²) in [6, 6.07) is 0. The van der Waals surface area contributed by atoms with Gasteiger partial charge in [-0.25, -0.2) is 23.2 Å². The van der Waals surface area contributed by atoms with Crippen LogP contribution in [0.4, 0.5) is 8.78 Å². The van der Waals surface area contributed by atoms with Crippen LogP contribution in [0.25, 0.3) is 0 Å². The lowest BCUT2D eigenvalue weighted by Crippen LogP contribution is -2.58. The number of hydrogen-bond donors (Lipinski definition) is 2. The molecule has 10 nitrogen and oxygen atoms in total. The Bertz CT molecular complexity index is 928. The molecule has 2 aromatic heterocycles. The Kier molecular flexibility index (Phi) is 7.51. The van der Waals surface area contributed by atoms with Crippen molar-refractivity contribution in [1.29, 1.82) is 0 Å². The van der Waals surface area contributed by atoms with Crippen molar-refractivity contribution >= 4 is 5.97 Å². The van der Waals surface area contributed by atoms with Gasteiger partial charge in [0.1, 0.15) is 11.5 Å². The van der Waals surface area contributed by atoms with Crippen molar-refractivity contribution in [1.82, 2.24) is 10.6 Å². The van der Waals surface area contributed by atoms with Crippen LogP contribution in [-0.4, -0.2) is 31.6 Å². The Morgan fingerprint density at radius 1 is 1.03 bits per heavy atom. The van der Waals surface area contributed by atoms with Crippen molar-refractivity contribution in [2.45, 2.75) is 51.7 Å². The number of halogens is 2. The second-order valence-corrected chi connectivity index (χ2v) is 6.26. The van der Waals surface area contributed by atoms with Crippen LogP contribution in [0.15, 0.2) is 27.3 Å². The van der Waals surface area contributed by atoms with Gasteiger partial charge in [0.2, 0.25) is 0 Å². The lowest BCUT2D eigenvalue weighted by molar-refractivity contribution is -0.157. The zero-order chi connectivity index (χ0) is 21.6. The molecule has 0 saturated carbocycles. The van der Waals surface area contributed by atoms with E-state index in [0.717, 1.165) is 7.11 Å². The average molecular weight is 420 g/mol. The van der Waals surface area contributed by atoms with Crippen LogP contribution in [-0.2, 0) is 22.6 Å². The third-order valence-electron chi connectivity index (χ3n) is 4.37. The molecule has 2 N–H and O–H groups in total. The summed E-state index contributed by atoms with van der Waals surface area (Å²) < 4.78 is 51.3. The van der Waals surface area contributed by atoms with Crippen molar-refractivity contribution in [3.8, 4) is 0 Å². The van der Waals surface area contributed by atoms with E-state index in [1.807, 2.05) is 0 Å². The standard InChI is InChI=1S/C17H22F2N2O8/c1-9-11(28-15(23)26-9)7-20-6-4-5-17(13(18)19,14(22)25-3)21-8-12-10(2)27-16(24)29-12/h13,20-21H,4-8H2,1-3H3. The molecule has 1 atom stereocenters. The van der Waals surface area contributed by atoms with E-state index in [1.165, 1.54) is 6.92 Å². The summed E-state index contributed by atoms with van der Waals surface area (Å²) in [4.78, 5) is 34.3. The van der Waals surface area contributed by atoms with E-state index >= 15 is 0 Å². The minimum absolute atomic E-state index is 0.00696. The van der Waals surface area contributed by atoms with Crippen molar-refractivity contribution in [3.05, 3.63) is 44.3 Å². The van der Waals surface area contributed by atoms with Gasteiger partial charge < -0.3 is 27.7 Å². The van der Waals surface area contributed by atoms with Gasteiger partial charge in [-0.1, -0.05) is 0 Å². The molecule has 0 aliphatic carbocycles. The van der Waals surface area contributed by atoms with Gasteiger partial charge in [0.05, 0.1) is 20.2 Å². The Morgan fingerprint density at radius 3 is 2.03 bits per heavy atom. The van der Waals surface area contributed by atoms with Gasteiger partial charge in [-0.15, -0.1) is 0 Å². The average Bonchev–Trinajstić information content (AvgIpc) is 3.15. The van der Waals surface area contributed by atoms with Crippen molar-refractivity contribution in [2.24, 2.45) is 0 Å². The van der Waals surface area contributed by atoms with Crippen LogP contribution in [0, 0.1) is 13.8 Å². The van der Waals surface area contributed by atoms with Gasteiger partial charge in [-0.2, -0.15) is 0 Å². The fraction of sp³-hybridized carbons (Fsp3) is 0.588. The minimum atomic E-state index is -3.09. The number of nitrogens with one attached hydrogen (secondary N) is 2. The zero-order valence-corrected chi connectivity index (χ0v) is 16.1. The fourth-order valence-corrected chi connectivity index (χ4v) is 2.72. The maximum absolute atomic E-state index is 13.9. The highest BCUT2D eigenvalue weighted by Gasteiger charge is 2.48. The predicted molar refractivity (Wildman–Crippen MR) is 92.5 cm³/mol. The molecule has 0 fully saturated rings. The van der Waals surface area contributed by atoms with E-state index in [-0.39, 0.29) is 44.0 Å². The van der Waals surface area contributed by atoms with E-state index in [4.69, 9.17) is 13.3 Å². The van der Waals surface area contributed by atoms with Gasteiger partial charge >= 0.3 is 17.6 Å². The number of hydrogen-bond acceptors (Lipinski definition) is 10. The Morgan fingerprint density at radius 2 is 1.59 bits per heavy atom. The minimum Gasteiger partial charge on any atom is -0.467 e. The molecule has 1 unspecified atom stereocenters. The van der Waals surface area contributed by atoms with Gasteiger partial charge in [-0.3, -0.25) is 5.32 Å². The summed E-state index contributed by atoms with van der Waals surface area (Å²) in [6.07, 6.45) is -3.22. The molecule has 0 aliphatic rings. The summed E-state index contributed by atoms with van der Waals surface area (Å²) in [5.74, 6) is -2.20. The molecule has 0 spiro atoms. The maximum Gasteiger partial charge on any atom is 0.519 e. The second-order valence-electron chi connectivity index (χ2n) is 6.26. The first-order chi connectivity index (χ1) is 13.7. The number of alkyl halides is 2. The molecule has 29 heavy (non-hydrogen) atoms. The lowest BCUT2D eigenvalue weighted by atomic mass is 9.93. The first-order valence-electron chi connectivity index (χ1n) is 8.70. The maximum atomic E-state index is 13.9. The fourth-order valence-electron chi connectivity index (χ4n) is 2.72. The van der Waals surface area contributed by atoms with Gasteiger partial charge in [0.15, 0.2) is 17.1 Å². The summed E-state index contributed by atoms with van der Waals surface area (Å²) in [6.45, 7) is 3.06. The van der Waals surface area contributed by atoms with E-state index in [1.54, 1.807) is 6.92 Å². The van der Waals surface area contributed by atoms with Crippen molar-refractivity contribution in [3.63, 3.8) is 0 Å². The van der Waals surface area contributed by atoms with Crippen LogP contribution in [0.5, 0.6) is 0 Å². The first kappa shape index (κ1) is 22.6. The molecular weight excluding hydrogens is 398 g/mol. The Labute approximate surface area is 163 Å². The Balaban J connectivity index is 2.00. The summed E-state index contributed by atoms with van der Waals surface area (Å²) in [7, 11) is 1.01. The quantitative estimate of drug-likeness (QED) is 0.403. The molecule has 0 saturated heterocycles. The number of carbonyl (C=O) groups is 1. The number of aryl methyl sites for hydroxylation is 2. The lowest BCUT2D eigenvalue weighted by Gasteiger charge is -2.31. The molecule has 2 rings (SSSR count). The largest absolute Gasteiger partial charge is 0.519 e. The highest BCUT2D eigenvalue weighted by molar-refractivity contribution is 5.81. The van der Waals surface area contributed by atoms with Crippen LogP contribution in [0.3, 0.4) is 0 Å². The van der Waals surface area contributed by atoms with Gasteiger partial charge in [0.25, 0.3) is 6.43 Å². The second kappa shape index (κ2) is 9.65. The topological polar surface area (TPSA) is 137 Å². The van der Waals surface area contributed by atoms with Crippen LogP contribution in [0.2, 0.25) is 0 Å². The SMILES string of the molecule is COC(=O)C(CCCNCc1oc(=O)oc1C)(NCc1oc(=O)oc1C)C(F)F. The summed E-state index contributed by atoms with van der Waals surface area (Å²) >= 11 is 0. The highest BCUT2D eigenvalue weighted by atomic mass is 19.3.